The summed E-state index contributed by atoms with van der Waals surface area (Å²) in [5, 5.41) is 13.5. The first-order chi connectivity index (χ1) is 9.63. The van der Waals surface area contributed by atoms with Crippen LogP contribution in [-0.4, -0.2) is 10.8 Å². The van der Waals surface area contributed by atoms with Crippen molar-refractivity contribution in [2.24, 2.45) is 17.8 Å². The third-order valence-electron chi connectivity index (χ3n) is 4.24. The van der Waals surface area contributed by atoms with E-state index in [4.69, 9.17) is 0 Å². The standard InChI is InChI=1S/C15H16N2O3/c18-15(14-8-10-4-6-11(14)7-5-10)16-12-2-1-3-13(9-12)17(19)20/h1-4,6,9-11,14H,5,7-8H2,(H,16,18). The van der Waals surface area contributed by atoms with Gasteiger partial charge in [-0.1, -0.05) is 18.2 Å². The Hall–Kier alpha value is -2.17. The quantitative estimate of drug-likeness (QED) is 0.522. The van der Waals surface area contributed by atoms with E-state index in [0.29, 0.717) is 17.5 Å². The van der Waals surface area contributed by atoms with E-state index in [-0.39, 0.29) is 17.5 Å². The van der Waals surface area contributed by atoms with Gasteiger partial charge in [-0.15, -0.1) is 0 Å². The second kappa shape index (κ2) is 5.07. The molecule has 2 bridgehead atoms. The van der Waals surface area contributed by atoms with Gasteiger partial charge in [-0.05, 0) is 37.2 Å². The summed E-state index contributed by atoms with van der Waals surface area (Å²) in [6, 6.07) is 6.08. The van der Waals surface area contributed by atoms with Crippen LogP contribution in [0.2, 0.25) is 0 Å². The molecule has 104 valence electrons. The Morgan fingerprint density at radius 1 is 1.30 bits per heavy atom. The van der Waals surface area contributed by atoms with Gasteiger partial charge in [0.15, 0.2) is 0 Å². The minimum atomic E-state index is -0.457. The fourth-order valence-corrected chi connectivity index (χ4v) is 3.17. The molecule has 1 aromatic carbocycles. The van der Waals surface area contributed by atoms with Gasteiger partial charge >= 0.3 is 0 Å². The van der Waals surface area contributed by atoms with Gasteiger partial charge in [0.05, 0.1) is 4.92 Å². The van der Waals surface area contributed by atoms with Crippen LogP contribution in [0.15, 0.2) is 36.4 Å². The van der Waals surface area contributed by atoms with Crippen LogP contribution >= 0.6 is 0 Å². The first-order valence-electron chi connectivity index (χ1n) is 6.87. The van der Waals surface area contributed by atoms with Crippen molar-refractivity contribution in [3.63, 3.8) is 0 Å². The van der Waals surface area contributed by atoms with E-state index in [2.05, 4.69) is 17.5 Å². The zero-order valence-corrected chi connectivity index (χ0v) is 11.0. The van der Waals surface area contributed by atoms with Crippen LogP contribution < -0.4 is 5.32 Å². The lowest BCUT2D eigenvalue weighted by atomic mass is 9.69. The average Bonchev–Trinajstić information content (AvgIpc) is 2.48. The zero-order valence-electron chi connectivity index (χ0n) is 11.0. The molecule has 1 aromatic rings. The van der Waals surface area contributed by atoms with E-state index in [0.717, 1.165) is 12.8 Å². The molecule has 0 radical (unpaired) electrons. The largest absolute Gasteiger partial charge is 0.326 e. The number of nitrogens with zero attached hydrogens (tertiary/aromatic N) is 1. The second-order valence-electron chi connectivity index (χ2n) is 5.53. The number of fused-ring (bicyclic) bond motifs is 2. The molecule has 0 spiro atoms. The number of carbonyl (C=O) groups excluding carboxylic acids is 1. The van der Waals surface area contributed by atoms with Crippen molar-refractivity contribution in [3.05, 3.63) is 46.5 Å². The van der Waals surface area contributed by atoms with Gasteiger partial charge in [-0.3, -0.25) is 14.9 Å². The fourth-order valence-electron chi connectivity index (χ4n) is 3.17. The van der Waals surface area contributed by atoms with Gasteiger partial charge in [0.2, 0.25) is 5.91 Å². The van der Waals surface area contributed by atoms with Crippen molar-refractivity contribution in [3.8, 4) is 0 Å². The van der Waals surface area contributed by atoms with E-state index < -0.39 is 4.92 Å². The zero-order chi connectivity index (χ0) is 14.1. The van der Waals surface area contributed by atoms with Gasteiger partial charge < -0.3 is 5.32 Å². The summed E-state index contributed by atoms with van der Waals surface area (Å²) in [6.45, 7) is 0. The number of carbonyl (C=O) groups is 1. The Labute approximate surface area is 116 Å². The maximum absolute atomic E-state index is 12.3. The molecule has 1 saturated carbocycles. The number of benzene rings is 1. The normalized spacial score (nSPS) is 27.3. The average molecular weight is 272 g/mol. The highest BCUT2D eigenvalue weighted by molar-refractivity contribution is 5.93. The Balaban J connectivity index is 1.72. The minimum absolute atomic E-state index is 0.00184. The van der Waals surface area contributed by atoms with Crippen molar-refractivity contribution >= 4 is 17.3 Å². The van der Waals surface area contributed by atoms with Crippen LogP contribution in [0.4, 0.5) is 11.4 Å². The van der Waals surface area contributed by atoms with E-state index in [1.807, 2.05) is 0 Å². The lowest BCUT2D eigenvalue weighted by Gasteiger charge is -2.36. The number of nitrogens with one attached hydrogen (secondary N) is 1. The Bertz CT molecular complexity index is 582. The van der Waals surface area contributed by atoms with Gasteiger partial charge in [0.1, 0.15) is 0 Å². The maximum atomic E-state index is 12.3. The molecule has 20 heavy (non-hydrogen) atoms. The number of nitro benzene ring substituents is 1. The van der Waals surface area contributed by atoms with E-state index >= 15 is 0 Å². The van der Waals surface area contributed by atoms with E-state index in [9.17, 15) is 14.9 Å². The summed E-state index contributed by atoms with van der Waals surface area (Å²) in [6.07, 6.45) is 7.48. The molecule has 0 heterocycles. The molecule has 1 amide bonds. The molecule has 3 atom stereocenters. The molecule has 5 nitrogen and oxygen atoms in total. The van der Waals surface area contributed by atoms with Gasteiger partial charge in [-0.25, -0.2) is 0 Å². The molecule has 3 aliphatic carbocycles. The van der Waals surface area contributed by atoms with Crippen LogP contribution in [0.1, 0.15) is 19.3 Å². The lowest BCUT2D eigenvalue weighted by Crippen LogP contribution is -2.36. The molecular weight excluding hydrogens is 256 g/mol. The fraction of sp³-hybridized carbons (Fsp3) is 0.400. The highest BCUT2D eigenvalue weighted by Gasteiger charge is 2.36. The van der Waals surface area contributed by atoms with E-state index in [1.54, 1.807) is 12.1 Å². The third kappa shape index (κ3) is 2.43. The summed E-state index contributed by atoms with van der Waals surface area (Å²) < 4.78 is 0. The van der Waals surface area contributed by atoms with Crippen molar-refractivity contribution in [1.29, 1.82) is 0 Å². The monoisotopic (exact) mass is 272 g/mol. The Morgan fingerprint density at radius 3 is 2.75 bits per heavy atom. The number of nitro groups is 1. The Kier molecular flexibility index (Phi) is 3.26. The van der Waals surface area contributed by atoms with Crippen molar-refractivity contribution < 1.29 is 9.72 Å². The Morgan fingerprint density at radius 2 is 2.15 bits per heavy atom. The number of rotatable bonds is 3. The van der Waals surface area contributed by atoms with Crippen molar-refractivity contribution in [2.75, 3.05) is 5.32 Å². The number of non-ortho nitro benzene ring substituents is 1. The van der Waals surface area contributed by atoms with Gasteiger partial charge in [0.25, 0.3) is 5.69 Å². The van der Waals surface area contributed by atoms with E-state index in [1.165, 1.54) is 18.6 Å². The van der Waals surface area contributed by atoms with Crippen LogP contribution in [-0.2, 0) is 4.79 Å². The SMILES string of the molecule is O=C(Nc1cccc([N+](=O)[O-])c1)C1CC2C=CC1CC2. The predicted molar refractivity (Wildman–Crippen MR) is 75.2 cm³/mol. The predicted octanol–water partition coefficient (Wildman–Crippen LogP) is 3.14. The van der Waals surface area contributed by atoms with Crippen molar-refractivity contribution in [2.45, 2.75) is 19.3 Å². The molecule has 0 aliphatic heterocycles. The molecule has 4 rings (SSSR count). The number of amides is 1. The lowest BCUT2D eigenvalue weighted by molar-refractivity contribution is -0.384. The maximum Gasteiger partial charge on any atom is 0.271 e. The summed E-state index contributed by atoms with van der Waals surface area (Å²) in [7, 11) is 0. The van der Waals surface area contributed by atoms with Crippen LogP contribution in [0.5, 0.6) is 0 Å². The summed E-state index contributed by atoms with van der Waals surface area (Å²) >= 11 is 0. The first kappa shape index (κ1) is 12.8. The van der Waals surface area contributed by atoms with Crippen LogP contribution in [0.3, 0.4) is 0 Å². The molecular formula is C15H16N2O3. The molecule has 3 unspecified atom stereocenters. The molecule has 1 N–H and O–H groups in total. The summed E-state index contributed by atoms with van der Waals surface area (Å²) in [5.41, 5.74) is 0.488. The highest BCUT2D eigenvalue weighted by Crippen LogP contribution is 2.40. The highest BCUT2D eigenvalue weighted by atomic mass is 16.6. The van der Waals surface area contributed by atoms with Crippen molar-refractivity contribution in [1.82, 2.24) is 0 Å². The van der Waals surface area contributed by atoms with Gasteiger partial charge in [-0.2, -0.15) is 0 Å². The number of anilines is 1. The molecule has 5 heteroatoms. The topological polar surface area (TPSA) is 72.2 Å². The smallest absolute Gasteiger partial charge is 0.271 e. The number of hydrogen-bond donors (Lipinski definition) is 1. The molecule has 1 fully saturated rings. The number of hydrogen-bond acceptors (Lipinski definition) is 3. The van der Waals surface area contributed by atoms with Gasteiger partial charge in [0, 0.05) is 23.7 Å². The third-order valence-corrected chi connectivity index (χ3v) is 4.24. The molecule has 3 aliphatic rings. The van der Waals surface area contributed by atoms with Crippen LogP contribution in [0, 0.1) is 27.9 Å². The van der Waals surface area contributed by atoms with Crippen LogP contribution in [0.25, 0.3) is 0 Å². The summed E-state index contributed by atoms with van der Waals surface area (Å²) in [5.74, 6) is 0.808. The number of allylic oxidation sites excluding steroid dienone is 2. The second-order valence-corrected chi connectivity index (χ2v) is 5.53. The first-order valence-corrected chi connectivity index (χ1v) is 6.87. The molecule has 0 aromatic heterocycles. The molecule has 0 saturated heterocycles. The minimum Gasteiger partial charge on any atom is -0.326 e. The summed E-state index contributed by atoms with van der Waals surface area (Å²) in [4.78, 5) is 22.6.